The molecule has 1 aromatic rings. The topological polar surface area (TPSA) is 80.3 Å². The Balaban J connectivity index is 0.00000196. The average Bonchev–Trinajstić information content (AvgIpc) is 2.15. The Kier molecular flexibility index (Phi) is 5.93. The third-order valence-electron chi connectivity index (χ3n) is 1.86. The monoisotopic (exact) mass is 299 g/mol. The van der Waals surface area contributed by atoms with Crippen LogP contribution in [0.2, 0.25) is 0 Å². The van der Waals surface area contributed by atoms with E-state index < -0.39 is 24.3 Å². The van der Waals surface area contributed by atoms with Crippen molar-refractivity contribution in [3.63, 3.8) is 0 Å². The summed E-state index contributed by atoms with van der Waals surface area (Å²) in [7, 11) is 0. The molecule has 0 aliphatic heterocycles. The average molecular weight is 300 g/mol. The number of rotatable bonds is 4. The first-order chi connectivity index (χ1) is 6.61. The molecule has 15 heavy (non-hydrogen) atoms. The molecule has 0 aromatic heterocycles. The molecule has 0 N–H and O–H groups in total. The first-order valence-electron chi connectivity index (χ1n) is 4.07. The molecule has 0 saturated heterocycles. The van der Waals surface area contributed by atoms with Gasteiger partial charge in [0.1, 0.15) is 0 Å². The third kappa shape index (κ3) is 4.29. The Hall–Kier alpha value is -1.10. The predicted molar refractivity (Wildman–Crippen MR) is 43.8 cm³/mol. The van der Waals surface area contributed by atoms with E-state index in [9.17, 15) is 19.8 Å². The van der Waals surface area contributed by atoms with Gasteiger partial charge in [-0.05, 0) is 12.0 Å². The zero-order valence-corrected chi connectivity index (χ0v) is 9.09. The number of hydrogen-bond acceptors (Lipinski definition) is 4. The van der Waals surface area contributed by atoms with Gasteiger partial charge in [-0.3, -0.25) is 0 Å². The summed E-state index contributed by atoms with van der Waals surface area (Å²) in [6.07, 6.45) is -0.563. The Labute approximate surface area is 102 Å². The molecule has 83 valence electrons. The van der Waals surface area contributed by atoms with E-state index in [1.54, 1.807) is 30.3 Å². The second kappa shape index (κ2) is 6.40. The largest absolute Gasteiger partial charge is 2.00 e. The Morgan fingerprint density at radius 2 is 1.67 bits per heavy atom. The van der Waals surface area contributed by atoms with Gasteiger partial charge < -0.3 is 19.8 Å². The van der Waals surface area contributed by atoms with E-state index in [2.05, 4.69) is 0 Å². The van der Waals surface area contributed by atoms with Gasteiger partial charge in [0.25, 0.3) is 0 Å². The van der Waals surface area contributed by atoms with E-state index in [1.165, 1.54) is 0 Å². The minimum absolute atomic E-state index is 0. The van der Waals surface area contributed by atoms with Gasteiger partial charge in [0.2, 0.25) is 0 Å². The van der Waals surface area contributed by atoms with Gasteiger partial charge >= 0.3 is 22.4 Å². The molecule has 1 aromatic carbocycles. The Bertz CT molecular complexity index is 337. The van der Waals surface area contributed by atoms with Crippen molar-refractivity contribution in [1.29, 1.82) is 0 Å². The number of carboxylic acid groups (broad SMARTS) is 2. The summed E-state index contributed by atoms with van der Waals surface area (Å²) in [6.45, 7) is 0. The normalized spacial score (nSPS) is 11.2. The number of carbonyl (C=O) groups excluding carboxylic acids is 2. The van der Waals surface area contributed by atoms with Gasteiger partial charge in [-0.15, -0.1) is 0 Å². The van der Waals surface area contributed by atoms with E-state index in [-0.39, 0.29) is 22.4 Å². The quantitative estimate of drug-likeness (QED) is 0.645. The van der Waals surface area contributed by atoms with E-state index >= 15 is 0 Å². The molecule has 1 atom stereocenters. The molecule has 4 nitrogen and oxygen atoms in total. The summed E-state index contributed by atoms with van der Waals surface area (Å²) in [6, 6.07) is 8.09. The van der Waals surface area contributed by atoms with Crippen LogP contribution in [0.3, 0.4) is 0 Å². The molecule has 1 unspecified atom stereocenters. The van der Waals surface area contributed by atoms with Crippen LogP contribution in [0.1, 0.15) is 17.9 Å². The summed E-state index contributed by atoms with van der Waals surface area (Å²) in [5, 5.41) is 20.9. The zero-order chi connectivity index (χ0) is 10.6. The van der Waals surface area contributed by atoms with E-state index in [4.69, 9.17) is 0 Å². The first kappa shape index (κ1) is 13.9. The summed E-state index contributed by atoms with van der Waals surface area (Å²) in [4.78, 5) is 20.9. The van der Waals surface area contributed by atoms with Gasteiger partial charge in [-0.1, -0.05) is 30.3 Å². The minimum atomic E-state index is -1.40. The van der Waals surface area contributed by atoms with Crippen molar-refractivity contribution in [2.24, 2.45) is 0 Å². The third-order valence-corrected chi connectivity index (χ3v) is 1.86. The number of carbonyl (C=O) groups is 2. The van der Waals surface area contributed by atoms with E-state index in [0.717, 1.165) is 0 Å². The molecule has 0 fully saturated rings. The van der Waals surface area contributed by atoms with E-state index in [1.807, 2.05) is 0 Å². The van der Waals surface area contributed by atoms with Crippen LogP contribution < -0.4 is 10.2 Å². The fourth-order valence-electron chi connectivity index (χ4n) is 1.19. The molecular formula is C10H8AgO4. The van der Waals surface area contributed by atoms with Crippen LogP contribution in [0.4, 0.5) is 0 Å². The Morgan fingerprint density at radius 1 is 1.13 bits per heavy atom. The van der Waals surface area contributed by atoms with Crippen LogP contribution in [-0.4, -0.2) is 11.9 Å². The molecule has 0 bridgehead atoms. The summed E-state index contributed by atoms with van der Waals surface area (Å²) in [5.41, 5.74) is 0.414. The van der Waals surface area contributed by atoms with Gasteiger partial charge in [-0.2, -0.15) is 0 Å². The number of carboxylic acids is 2. The number of benzene rings is 1. The maximum Gasteiger partial charge on any atom is 2.00 e. The first-order valence-corrected chi connectivity index (χ1v) is 4.07. The molecule has 0 spiro atoms. The van der Waals surface area contributed by atoms with Crippen molar-refractivity contribution in [1.82, 2.24) is 0 Å². The number of aliphatic carboxylic acids is 2. The standard InChI is InChI=1S/C10H10O4.Ag/c11-9(12)6-8(10(13)14)7-4-2-1-3-5-7;/h1-5,8H,6H2,(H,11,12)(H,13,14);/q;+2/p-2. The second-order valence-electron chi connectivity index (χ2n) is 2.86. The zero-order valence-electron chi connectivity index (χ0n) is 7.61. The molecule has 0 aliphatic rings. The molecule has 0 saturated carbocycles. The van der Waals surface area contributed by atoms with Crippen LogP contribution in [-0.2, 0) is 32.0 Å². The van der Waals surface area contributed by atoms with Crippen LogP contribution >= 0.6 is 0 Å². The fourth-order valence-corrected chi connectivity index (χ4v) is 1.19. The van der Waals surface area contributed by atoms with Crippen molar-refractivity contribution in [3.05, 3.63) is 35.9 Å². The predicted octanol–water partition coefficient (Wildman–Crippen LogP) is -1.34. The van der Waals surface area contributed by atoms with Gasteiger partial charge in [0.15, 0.2) is 0 Å². The smallest absolute Gasteiger partial charge is 0.550 e. The van der Waals surface area contributed by atoms with Gasteiger partial charge in [0, 0.05) is 17.9 Å². The van der Waals surface area contributed by atoms with Crippen molar-refractivity contribution in [3.8, 4) is 0 Å². The van der Waals surface area contributed by atoms with Crippen molar-refractivity contribution in [2.75, 3.05) is 0 Å². The van der Waals surface area contributed by atoms with Crippen LogP contribution in [0, 0.1) is 0 Å². The molecule has 0 aliphatic carbocycles. The molecule has 1 radical (unpaired) electrons. The summed E-state index contributed by atoms with van der Waals surface area (Å²) >= 11 is 0. The summed E-state index contributed by atoms with van der Waals surface area (Å²) in [5.74, 6) is -3.94. The molecular weight excluding hydrogens is 292 g/mol. The fraction of sp³-hybridized carbons (Fsp3) is 0.200. The molecule has 0 amide bonds. The van der Waals surface area contributed by atoms with Crippen LogP contribution in [0.25, 0.3) is 0 Å². The SMILES string of the molecule is O=C([O-])CC(C(=O)[O-])c1ccccc1.[Ag+2]. The second-order valence-corrected chi connectivity index (χ2v) is 2.86. The minimum Gasteiger partial charge on any atom is -0.550 e. The Morgan fingerprint density at radius 3 is 2.07 bits per heavy atom. The van der Waals surface area contributed by atoms with Crippen molar-refractivity contribution < 1.29 is 42.2 Å². The van der Waals surface area contributed by atoms with Gasteiger partial charge in [-0.25, -0.2) is 0 Å². The van der Waals surface area contributed by atoms with E-state index in [0.29, 0.717) is 5.56 Å². The van der Waals surface area contributed by atoms with Crippen molar-refractivity contribution in [2.45, 2.75) is 12.3 Å². The molecule has 1 rings (SSSR count). The van der Waals surface area contributed by atoms with Gasteiger partial charge in [0.05, 0.1) is 0 Å². The molecule has 5 heteroatoms. The maximum absolute atomic E-state index is 10.6. The summed E-state index contributed by atoms with van der Waals surface area (Å²) < 4.78 is 0. The number of hydrogen-bond donors (Lipinski definition) is 0. The van der Waals surface area contributed by atoms with Crippen molar-refractivity contribution >= 4 is 11.9 Å². The van der Waals surface area contributed by atoms with Crippen LogP contribution in [0.15, 0.2) is 30.3 Å². The van der Waals surface area contributed by atoms with Crippen LogP contribution in [0.5, 0.6) is 0 Å². The maximum atomic E-state index is 10.6. The molecule has 0 heterocycles.